The van der Waals surface area contributed by atoms with E-state index in [9.17, 15) is 13.2 Å². The Morgan fingerprint density at radius 1 is 1.33 bits per heavy atom. The first kappa shape index (κ1) is 17.7. The summed E-state index contributed by atoms with van der Waals surface area (Å²) in [7, 11) is -2.55. The van der Waals surface area contributed by atoms with Crippen LogP contribution >= 0.6 is 11.6 Å². The number of rotatable bonds is 8. The molecule has 0 aliphatic carbocycles. The van der Waals surface area contributed by atoms with E-state index in [0.29, 0.717) is 6.61 Å². The normalized spacial score (nSPS) is 11.4. The summed E-state index contributed by atoms with van der Waals surface area (Å²) < 4.78 is 34.7. The molecule has 0 aromatic heterocycles. The van der Waals surface area contributed by atoms with E-state index in [1.165, 1.54) is 13.2 Å². The van der Waals surface area contributed by atoms with Crippen molar-refractivity contribution in [1.82, 2.24) is 0 Å². The van der Waals surface area contributed by atoms with Gasteiger partial charge in [0, 0.05) is 11.6 Å². The molecule has 8 heteroatoms. The zero-order valence-electron chi connectivity index (χ0n) is 11.8. The highest BCUT2D eigenvalue weighted by molar-refractivity contribution is 7.91. The first-order chi connectivity index (χ1) is 9.83. The minimum absolute atomic E-state index is 0.0150. The van der Waals surface area contributed by atoms with Crippen molar-refractivity contribution in [2.24, 2.45) is 0 Å². The molecule has 6 nitrogen and oxygen atoms in total. The van der Waals surface area contributed by atoms with Gasteiger partial charge in [0.2, 0.25) is 0 Å². The van der Waals surface area contributed by atoms with Gasteiger partial charge in [-0.2, -0.15) is 0 Å². The number of halogens is 1. The van der Waals surface area contributed by atoms with E-state index in [2.05, 4.69) is 0 Å². The van der Waals surface area contributed by atoms with E-state index in [0.717, 1.165) is 12.5 Å². The predicted molar refractivity (Wildman–Crippen MR) is 78.1 cm³/mol. The van der Waals surface area contributed by atoms with Gasteiger partial charge in [0.25, 0.3) is 0 Å². The van der Waals surface area contributed by atoms with Crippen LogP contribution in [0.15, 0.2) is 17.0 Å². The minimum atomic E-state index is -3.76. The van der Waals surface area contributed by atoms with Crippen molar-refractivity contribution < 1.29 is 27.8 Å². The molecular weight excluding hydrogens is 320 g/mol. The quantitative estimate of drug-likeness (QED) is 0.732. The Bertz CT molecular complexity index is 611. The van der Waals surface area contributed by atoms with Crippen LogP contribution in [0.25, 0.3) is 0 Å². The van der Waals surface area contributed by atoms with Crippen molar-refractivity contribution in [1.29, 1.82) is 0 Å². The largest absolute Gasteiger partial charge is 0.494 e. The first-order valence-corrected chi connectivity index (χ1v) is 8.27. The smallest absolute Gasteiger partial charge is 0.339 e. The first-order valence-electron chi connectivity index (χ1n) is 6.24. The molecule has 0 bridgehead atoms. The van der Waals surface area contributed by atoms with Gasteiger partial charge in [-0.1, -0.05) is 18.5 Å². The van der Waals surface area contributed by atoms with E-state index in [1.807, 2.05) is 6.92 Å². The molecule has 1 aromatic rings. The van der Waals surface area contributed by atoms with Crippen molar-refractivity contribution in [3.8, 4) is 5.75 Å². The van der Waals surface area contributed by atoms with Crippen molar-refractivity contribution >= 4 is 27.4 Å². The summed E-state index contributed by atoms with van der Waals surface area (Å²) in [4.78, 5) is 10.9. The molecule has 0 heterocycles. The third-order valence-electron chi connectivity index (χ3n) is 2.63. The second-order valence-corrected chi connectivity index (χ2v) is 6.74. The standard InChI is InChI=1S/C13H17ClO6S/c1-3-4-20-5-6-21(17,18)11-8-9(14)7-10(13(15)16)12(11)19-2/h7-8H,3-6H2,1-2H3,(H,15,16). The van der Waals surface area contributed by atoms with Gasteiger partial charge in [0.1, 0.15) is 10.5 Å². The number of methoxy groups -OCH3 is 1. The van der Waals surface area contributed by atoms with Crippen LogP contribution in [0.5, 0.6) is 5.75 Å². The predicted octanol–water partition coefficient (Wildman–Crippen LogP) is 2.25. The summed E-state index contributed by atoms with van der Waals surface area (Å²) in [6.07, 6.45) is 0.781. The molecule has 0 aliphatic rings. The van der Waals surface area contributed by atoms with Crippen molar-refractivity contribution in [2.75, 3.05) is 26.1 Å². The summed E-state index contributed by atoms with van der Waals surface area (Å²) in [5.41, 5.74) is -0.293. The summed E-state index contributed by atoms with van der Waals surface area (Å²) in [6, 6.07) is 2.33. The van der Waals surface area contributed by atoms with E-state index >= 15 is 0 Å². The van der Waals surface area contributed by atoms with Crippen LogP contribution in [0.2, 0.25) is 5.02 Å². The number of aromatic carboxylic acids is 1. The van der Waals surface area contributed by atoms with Gasteiger partial charge in [-0.25, -0.2) is 13.2 Å². The summed E-state index contributed by atoms with van der Waals surface area (Å²) in [5, 5.41) is 9.11. The average molecular weight is 337 g/mol. The number of hydrogen-bond donors (Lipinski definition) is 1. The zero-order valence-corrected chi connectivity index (χ0v) is 13.3. The fourth-order valence-electron chi connectivity index (χ4n) is 1.69. The SMILES string of the molecule is CCCOCCS(=O)(=O)c1cc(Cl)cc(C(=O)O)c1OC. The molecule has 0 aliphatic heterocycles. The van der Waals surface area contributed by atoms with Gasteiger partial charge >= 0.3 is 5.97 Å². The Morgan fingerprint density at radius 3 is 2.52 bits per heavy atom. The summed E-state index contributed by atoms with van der Waals surface area (Å²) >= 11 is 5.80. The van der Waals surface area contributed by atoms with Gasteiger partial charge < -0.3 is 14.6 Å². The Balaban J connectivity index is 3.19. The molecular formula is C13H17ClO6S. The molecule has 1 N–H and O–H groups in total. The molecule has 0 saturated heterocycles. The van der Waals surface area contributed by atoms with Crippen LogP contribution in [0.1, 0.15) is 23.7 Å². The second kappa shape index (κ2) is 7.63. The molecule has 0 fully saturated rings. The molecule has 1 rings (SSSR count). The number of hydrogen-bond acceptors (Lipinski definition) is 5. The molecule has 0 saturated carbocycles. The highest BCUT2D eigenvalue weighted by Crippen LogP contribution is 2.32. The van der Waals surface area contributed by atoms with Crippen LogP contribution in [-0.2, 0) is 14.6 Å². The number of carboxylic acids is 1. The van der Waals surface area contributed by atoms with Gasteiger partial charge in [-0.05, 0) is 18.6 Å². The molecule has 118 valence electrons. The van der Waals surface area contributed by atoms with Crippen LogP contribution in [0.3, 0.4) is 0 Å². The lowest BCUT2D eigenvalue weighted by Gasteiger charge is -2.13. The van der Waals surface area contributed by atoms with Gasteiger partial charge in [-0.15, -0.1) is 0 Å². The van der Waals surface area contributed by atoms with E-state index in [1.54, 1.807) is 0 Å². The Labute approximate surface area is 128 Å². The molecule has 0 spiro atoms. The van der Waals surface area contributed by atoms with Crippen molar-refractivity contribution in [2.45, 2.75) is 18.2 Å². The molecule has 0 unspecified atom stereocenters. The highest BCUT2D eigenvalue weighted by atomic mass is 35.5. The second-order valence-electron chi connectivity index (χ2n) is 4.22. The molecule has 0 amide bonds. The number of carbonyl (C=O) groups is 1. The fourth-order valence-corrected chi connectivity index (χ4v) is 3.32. The molecule has 0 radical (unpaired) electrons. The number of ether oxygens (including phenoxy) is 2. The van der Waals surface area contributed by atoms with Crippen LogP contribution < -0.4 is 4.74 Å². The Hall–Kier alpha value is -1.31. The van der Waals surface area contributed by atoms with Crippen LogP contribution in [0.4, 0.5) is 0 Å². The van der Waals surface area contributed by atoms with Crippen molar-refractivity contribution in [3.63, 3.8) is 0 Å². The van der Waals surface area contributed by atoms with E-state index in [4.69, 9.17) is 26.2 Å². The number of benzene rings is 1. The van der Waals surface area contributed by atoms with Gasteiger partial charge in [-0.3, -0.25) is 0 Å². The van der Waals surface area contributed by atoms with Crippen LogP contribution in [0, 0.1) is 0 Å². The van der Waals surface area contributed by atoms with E-state index < -0.39 is 15.8 Å². The topological polar surface area (TPSA) is 89.9 Å². The van der Waals surface area contributed by atoms with Gasteiger partial charge in [0.15, 0.2) is 15.6 Å². The lowest BCUT2D eigenvalue weighted by Crippen LogP contribution is -2.15. The summed E-state index contributed by atoms with van der Waals surface area (Å²) in [5.74, 6) is -1.81. The average Bonchev–Trinajstić information content (AvgIpc) is 2.42. The van der Waals surface area contributed by atoms with Gasteiger partial charge in [0.05, 0.1) is 19.5 Å². The summed E-state index contributed by atoms with van der Waals surface area (Å²) in [6.45, 7) is 2.39. The highest BCUT2D eigenvalue weighted by Gasteiger charge is 2.25. The lowest BCUT2D eigenvalue weighted by molar-refractivity contribution is 0.0693. The number of sulfone groups is 1. The monoisotopic (exact) mass is 336 g/mol. The maximum atomic E-state index is 12.3. The zero-order chi connectivity index (χ0) is 16.0. The lowest BCUT2D eigenvalue weighted by atomic mass is 10.2. The maximum Gasteiger partial charge on any atom is 0.339 e. The number of carboxylic acid groups (broad SMARTS) is 1. The molecule has 1 aromatic carbocycles. The van der Waals surface area contributed by atoms with Crippen LogP contribution in [-0.4, -0.2) is 45.6 Å². The third kappa shape index (κ3) is 4.59. The maximum absolute atomic E-state index is 12.3. The minimum Gasteiger partial charge on any atom is -0.494 e. The molecule has 0 atom stereocenters. The fraction of sp³-hybridized carbons (Fsp3) is 0.462. The Morgan fingerprint density at radius 2 is 2.00 bits per heavy atom. The Kier molecular flexibility index (Phi) is 6.44. The molecule has 21 heavy (non-hydrogen) atoms. The van der Waals surface area contributed by atoms with E-state index in [-0.39, 0.29) is 33.6 Å². The third-order valence-corrected chi connectivity index (χ3v) is 4.53. The van der Waals surface area contributed by atoms with Crippen molar-refractivity contribution in [3.05, 3.63) is 22.7 Å².